The second-order valence-electron chi connectivity index (χ2n) is 6.05. The van der Waals surface area contributed by atoms with Gasteiger partial charge in [-0.3, -0.25) is 4.79 Å². The lowest BCUT2D eigenvalue weighted by molar-refractivity contribution is 0.0698. The van der Waals surface area contributed by atoms with Crippen LogP contribution < -0.4 is 5.32 Å². The number of anilines is 1. The molecule has 0 aliphatic carbocycles. The highest BCUT2D eigenvalue weighted by Gasteiger charge is 2.25. The van der Waals surface area contributed by atoms with Crippen molar-refractivity contribution in [2.75, 3.05) is 18.4 Å². The maximum Gasteiger partial charge on any atom is 0.337 e. The van der Waals surface area contributed by atoms with Gasteiger partial charge in [-0.05, 0) is 48.9 Å². The number of carbonyl (C=O) groups excluding carboxylic acids is 1. The molecule has 27 heavy (non-hydrogen) atoms. The number of nitrogens with one attached hydrogen (secondary N) is 1. The minimum atomic E-state index is -1.39. The minimum Gasteiger partial charge on any atom is -0.478 e. The summed E-state index contributed by atoms with van der Waals surface area (Å²) in [5.41, 5.74) is 0.480. The van der Waals surface area contributed by atoms with Crippen LogP contribution in [0.2, 0.25) is 0 Å². The monoisotopic (exact) mass is 452 g/mol. The summed E-state index contributed by atoms with van der Waals surface area (Å²) < 4.78 is 14.7. The van der Waals surface area contributed by atoms with Gasteiger partial charge in [-0.1, -0.05) is 15.9 Å². The Morgan fingerprint density at radius 3 is 2.48 bits per heavy atom. The molecular formula is C18H17BrN2O5S. The maximum absolute atomic E-state index is 12.5. The smallest absolute Gasteiger partial charge is 0.337 e. The van der Waals surface area contributed by atoms with Crippen molar-refractivity contribution >= 4 is 44.5 Å². The van der Waals surface area contributed by atoms with E-state index in [2.05, 4.69) is 21.2 Å². The number of aliphatic hydroxyl groups excluding tert-OH is 1. The molecule has 0 bridgehead atoms. The molecule has 2 unspecified atom stereocenters. The molecule has 0 radical (unpaired) electrons. The van der Waals surface area contributed by atoms with Gasteiger partial charge in [0.05, 0.1) is 22.3 Å². The number of nitrogens with zero attached hydrogens (tertiary/aromatic N) is 1. The van der Waals surface area contributed by atoms with Crippen LogP contribution in [0.5, 0.6) is 0 Å². The molecule has 3 rings (SSSR count). The molecular weight excluding hydrogens is 436 g/mol. The van der Waals surface area contributed by atoms with Crippen molar-refractivity contribution < 1.29 is 24.0 Å². The number of aromatic carboxylic acids is 1. The average Bonchev–Trinajstić information content (AvgIpc) is 3.09. The molecule has 0 aromatic heterocycles. The van der Waals surface area contributed by atoms with Crippen LogP contribution in [0.4, 0.5) is 5.69 Å². The highest BCUT2D eigenvalue weighted by atomic mass is 79.9. The summed E-state index contributed by atoms with van der Waals surface area (Å²) in [7, 11) is -1.39. The molecule has 0 saturated carbocycles. The predicted octanol–water partition coefficient (Wildman–Crippen LogP) is 2.49. The number of β-amino-alcohol motifs (C(OH)–C–C–N with tert-alkyl or cyclic N) is 1. The molecule has 1 amide bonds. The Morgan fingerprint density at radius 1 is 1.19 bits per heavy atom. The van der Waals surface area contributed by atoms with Gasteiger partial charge in [-0.25, -0.2) is 13.3 Å². The first-order valence-corrected chi connectivity index (χ1v) is 10.0. The van der Waals surface area contributed by atoms with Crippen LogP contribution in [0.3, 0.4) is 0 Å². The van der Waals surface area contributed by atoms with Crippen LogP contribution in [0.1, 0.15) is 27.1 Å². The van der Waals surface area contributed by atoms with Gasteiger partial charge in [0, 0.05) is 23.1 Å². The number of carbonyl (C=O) groups is 2. The largest absolute Gasteiger partial charge is 0.478 e. The van der Waals surface area contributed by atoms with Gasteiger partial charge in [0.25, 0.3) is 5.91 Å². The minimum absolute atomic E-state index is 0.0250. The zero-order valence-electron chi connectivity index (χ0n) is 14.1. The predicted molar refractivity (Wildman–Crippen MR) is 104 cm³/mol. The van der Waals surface area contributed by atoms with Crippen LogP contribution in [-0.4, -0.2) is 49.8 Å². The Bertz CT molecular complexity index is 903. The molecule has 1 fully saturated rings. The van der Waals surface area contributed by atoms with Gasteiger partial charge < -0.3 is 15.5 Å². The Kier molecular flexibility index (Phi) is 6.05. The fraction of sp³-hybridized carbons (Fsp3) is 0.222. The number of hydrogen-bond acceptors (Lipinski definition) is 4. The molecule has 2 atom stereocenters. The number of rotatable bonds is 5. The molecule has 2 aromatic rings. The normalized spacial score (nSPS) is 18.2. The maximum atomic E-state index is 12.5. The van der Waals surface area contributed by atoms with E-state index in [1.807, 2.05) is 0 Å². The first-order chi connectivity index (χ1) is 12.8. The first kappa shape index (κ1) is 19.7. The fourth-order valence-corrected chi connectivity index (χ4v) is 4.34. The third-order valence-electron chi connectivity index (χ3n) is 4.14. The number of carboxylic acid groups (broad SMARTS) is 1. The van der Waals surface area contributed by atoms with Crippen molar-refractivity contribution in [2.45, 2.75) is 17.4 Å². The zero-order valence-corrected chi connectivity index (χ0v) is 16.5. The van der Waals surface area contributed by atoms with Crippen LogP contribution in [0.15, 0.2) is 51.8 Å². The van der Waals surface area contributed by atoms with Gasteiger partial charge >= 0.3 is 5.97 Å². The molecule has 1 aliphatic heterocycles. The molecule has 1 aliphatic rings. The Balaban J connectivity index is 1.73. The summed E-state index contributed by atoms with van der Waals surface area (Å²) in [5.74, 6) is -1.61. The van der Waals surface area contributed by atoms with E-state index in [4.69, 9.17) is 0 Å². The van der Waals surface area contributed by atoms with E-state index in [1.54, 1.807) is 22.5 Å². The average molecular weight is 453 g/mol. The highest BCUT2D eigenvalue weighted by molar-refractivity contribution is 9.10. The molecule has 9 heteroatoms. The van der Waals surface area contributed by atoms with Gasteiger partial charge in [-0.15, -0.1) is 0 Å². The quantitative estimate of drug-likeness (QED) is 0.645. The highest BCUT2D eigenvalue weighted by Crippen LogP contribution is 2.22. The molecule has 3 N–H and O–H groups in total. The van der Waals surface area contributed by atoms with E-state index >= 15 is 0 Å². The van der Waals surface area contributed by atoms with Gasteiger partial charge in [-0.2, -0.15) is 0 Å². The summed E-state index contributed by atoms with van der Waals surface area (Å²) in [5, 5.41) is 21.4. The lowest BCUT2D eigenvalue weighted by Gasteiger charge is -2.14. The van der Waals surface area contributed by atoms with Crippen molar-refractivity contribution in [2.24, 2.45) is 0 Å². The van der Waals surface area contributed by atoms with E-state index in [-0.39, 0.29) is 11.3 Å². The van der Waals surface area contributed by atoms with Crippen molar-refractivity contribution in [1.29, 1.82) is 0 Å². The van der Waals surface area contributed by atoms with E-state index in [0.717, 1.165) is 0 Å². The Labute approximate surface area is 166 Å². The summed E-state index contributed by atoms with van der Waals surface area (Å²) in [4.78, 5) is 24.3. The van der Waals surface area contributed by atoms with Gasteiger partial charge in [0.1, 0.15) is 11.0 Å². The number of halogens is 1. The number of benzene rings is 2. The first-order valence-electron chi connectivity index (χ1n) is 8.14. The standard InChI is InChI=1S/C18H17BrN2O5S/c19-12-3-6-16(15(9-12)18(24)25)20-17(23)11-1-4-14(5-2-11)27(26)21-8-7-13(22)10-21/h1-6,9,13,22H,7-8,10H2,(H,20,23)(H,24,25). The fourth-order valence-electron chi connectivity index (χ4n) is 2.73. The summed E-state index contributed by atoms with van der Waals surface area (Å²) in [6, 6.07) is 10.8. The summed E-state index contributed by atoms with van der Waals surface area (Å²) in [6.45, 7) is 0.911. The van der Waals surface area contributed by atoms with Gasteiger partial charge in [0.2, 0.25) is 0 Å². The second-order valence-corrected chi connectivity index (χ2v) is 8.45. The second kappa shape index (κ2) is 8.30. The van der Waals surface area contributed by atoms with Crippen molar-refractivity contribution in [3.63, 3.8) is 0 Å². The van der Waals surface area contributed by atoms with E-state index in [0.29, 0.717) is 34.4 Å². The molecule has 1 saturated heterocycles. The van der Waals surface area contributed by atoms with Crippen molar-refractivity contribution in [3.8, 4) is 0 Å². The van der Waals surface area contributed by atoms with Crippen LogP contribution >= 0.6 is 15.9 Å². The zero-order chi connectivity index (χ0) is 19.6. The third kappa shape index (κ3) is 4.62. The summed E-state index contributed by atoms with van der Waals surface area (Å²) in [6.07, 6.45) is 0.124. The van der Waals surface area contributed by atoms with E-state index in [9.17, 15) is 24.0 Å². The van der Waals surface area contributed by atoms with Crippen LogP contribution in [0.25, 0.3) is 0 Å². The molecule has 7 nitrogen and oxygen atoms in total. The van der Waals surface area contributed by atoms with Crippen LogP contribution in [0, 0.1) is 0 Å². The SMILES string of the molecule is O=C(Nc1ccc(Br)cc1C(=O)O)c1ccc(S(=O)N2CCC(O)C2)cc1. The van der Waals surface area contributed by atoms with E-state index in [1.165, 1.54) is 24.3 Å². The lowest BCUT2D eigenvalue weighted by Crippen LogP contribution is -2.24. The Morgan fingerprint density at radius 2 is 1.89 bits per heavy atom. The van der Waals surface area contributed by atoms with Crippen molar-refractivity contribution in [1.82, 2.24) is 4.31 Å². The molecule has 0 spiro atoms. The number of carboxylic acids is 1. The lowest BCUT2D eigenvalue weighted by atomic mass is 10.1. The Hall–Kier alpha value is -2.07. The van der Waals surface area contributed by atoms with Gasteiger partial charge in [0.15, 0.2) is 0 Å². The number of hydrogen-bond donors (Lipinski definition) is 3. The topological polar surface area (TPSA) is 107 Å². The number of amides is 1. The molecule has 1 heterocycles. The van der Waals surface area contributed by atoms with Crippen molar-refractivity contribution in [3.05, 3.63) is 58.1 Å². The molecule has 2 aromatic carbocycles. The third-order valence-corrected chi connectivity index (χ3v) is 6.11. The molecule has 142 valence electrons. The van der Waals surface area contributed by atoms with Crippen LogP contribution in [-0.2, 0) is 11.0 Å². The number of aliphatic hydroxyl groups is 1. The summed E-state index contributed by atoms with van der Waals surface area (Å²) >= 11 is 3.20. The van der Waals surface area contributed by atoms with E-state index < -0.39 is 29.0 Å².